The Morgan fingerprint density at radius 1 is 1.55 bits per heavy atom. The third kappa shape index (κ3) is 2.39. The van der Waals surface area contributed by atoms with Crippen LogP contribution in [0.1, 0.15) is 17.6 Å². The number of nitrogens with zero attached hydrogens (tertiary/aromatic N) is 2. The molecule has 8 heteroatoms. The standard InChI is InChI=1S/C12H15N3O3S2/c1-9-7-13-12(14-9)10-8-18-5-4-15(10)20(16,17)11-3-2-6-19-11/h2-3,6-7,10H,4-5,8H2,1H3,(H,13,14)/t10-/m1/s1. The van der Waals surface area contributed by atoms with Crippen LogP contribution in [0.5, 0.6) is 0 Å². The van der Waals surface area contributed by atoms with E-state index in [1.54, 1.807) is 23.7 Å². The Kier molecular flexibility index (Phi) is 3.63. The minimum Gasteiger partial charge on any atom is -0.378 e. The molecule has 1 fully saturated rings. The van der Waals surface area contributed by atoms with Gasteiger partial charge in [0.15, 0.2) is 0 Å². The molecule has 1 aliphatic heterocycles. The zero-order valence-corrected chi connectivity index (χ0v) is 12.6. The summed E-state index contributed by atoms with van der Waals surface area (Å²) in [5, 5.41) is 1.76. The van der Waals surface area contributed by atoms with E-state index in [1.807, 2.05) is 6.92 Å². The molecule has 2 aromatic rings. The quantitative estimate of drug-likeness (QED) is 0.932. The maximum atomic E-state index is 12.7. The second kappa shape index (κ2) is 5.28. The number of hydrogen-bond acceptors (Lipinski definition) is 5. The zero-order chi connectivity index (χ0) is 14.2. The molecule has 6 nitrogen and oxygen atoms in total. The molecule has 0 aliphatic carbocycles. The third-order valence-electron chi connectivity index (χ3n) is 3.18. The van der Waals surface area contributed by atoms with Crippen molar-refractivity contribution in [2.75, 3.05) is 19.8 Å². The summed E-state index contributed by atoms with van der Waals surface area (Å²) in [6, 6.07) is 2.97. The van der Waals surface area contributed by atoms with E-state index in [2.05, 4.69) is 9.97 Å². The smallest absolute Gasteiger partial charge is 0.253 e. The lowest BCUT2D eigenvalue weighted by atomic mass is 10.2. The van der Waals surface area contributed by atoms with Crippen molar-refractivity contribution in [1.29, 1.82) is 0 Å². The predicted octanol–water partition coefficient (Wildman–Crippen LogP) is 1.54. The highest BCUT2D eigenvalue weighted by atomic mass is 32.2. The Morgan fingerprint density at radius 2 is 2.40 bits per heavy atom. The fraction of sp³-hybridized carbons (Fsp3) is 0.417. The molecule has 0 amide bonds. The number of rotatable bonds is 3. The van der Waals surface area contributed by atoms with Gasteiger partial charge in [-0.1, -0.05) is 6.07 Å². The first kappa shape index (κ1) is 13.7. The number of aryl methyl sites for hydroxylation is 1. The number of morpholine rings is 1. The molecule has 1 N–H and O–H groups in total. The van der Waals surface area contributed by atoms with Crippen LogP contribution in [0.25, 0.3) is 0 Å². The van der Waals surface area contributed by atoms with Gasteiger partial charge in [0.05, 0.1) is 13.2 Å². The summed E-state index contributed by atoms with van der Waals surface area (Å²) in [7, 11) is -3.49. The van der Waals surface area contributed by atoms with E-state index in [4.69, 9.17) is 4.74 Å². The van der Waals surface area contributed by atoms with Gasteiger partial charge in [-0.05, 0) is 18.4 Å². The number of aromatic amines is 1. The van der Waals surface area contributed by atoms with Gasteiger partial charge in [-0.15, -0.1) is 11.3 Å². The van der Waals surface area contributed by atoms with Crippen LogP contribution < -0.4 is 0 Å². The van der Waals surface area contributed by atoms with Gasteiger partial charge in [0.25, 0.3) is 10.0 Å². The zero-order valence-electron chi connectivity index (χ0n) is 10.9. The van der Waals surface area contributed by atoms with Gasteiger partial charge in [0.2, 0.25) is 0 Å². The minimum atomic E-state index is -3.49. The number of thiophene rings is 1. The topological polar surface area (TPSA) is 75.3 Å². The second-order valence-corrected chi connectivity index (χ2v) is 7.66. The van der Waals surface area contributed by atoms with Gasteiger partial charge in [-0.3, -0.25) is 0 Å². The number of aromatic nitrogens is 2. The molecule has 108 valence electrons. The van der Waals surface area contributed by atoms with Crippen LogP contribution in [-0.2, 0) is 14.8 Å². The fourth-order valence-electron chi connectivity index (χ4n) is 2.22. The summed E-state index contributed by atoms with van der Waals surface area (Å²) < 4.78 is 32.6. The van der Waals surface area contributed by atoms with E-state index >= 15 is 0 Å². The van der Waals surface area contributed by atoms with Crippen molar-refractivity contribution in [2.24, 2.45) is 0 Å². The summed E-state index contributed by atoms with van der Waals surface area (Å²) in [6.45, 7) is 2.95. The number of ether oxygens (including phenoxy) is 1. The first-order chi connectivity index (χ1) is 9.59. The molecular formula is C12H15N3O3S2. The van der Waals surface area contributed by atoms with Gasteiger partial charge < -0.3 is 9.72 Å². The molecule has 0 unspecified atom stereocenters. The molecule has 20 heavy (non-hydrogen) atoms. The van der Waals surface area contributed by atoms with Crippen molar-refractivity contribution in [3.63, 3.8) is 0 Å². The molecule has 2 aromatic heterocycles. The van der Waals surface area contributed by atoms with Crippen LogP contribution >= 0.6 is 11.3 Å². The lowest BCUT2D eigenvalue weighted by Gasteiger charge is -2.32. The Labute approximate surface area is 121 Å². The van der Waals surface area contributed by atoms with Gasteiger partial charge in [-0.2, -0.15) is 4.31 Å². The van der Waals surface area contributed by atoms with Crippen LogP contribution in [0.2, 0.25) is 0 Å². The van der Waals surface area contributed by atoms with Gasteiger partial charge in [-0.25, -0.2) is 13.4 Å². The number of sulfonamides is 1. The van der Waals surface area contributed by atoms with Crippen LogP contribution in [0.15, 0.2) is 27.9 Å². The normalized spacial score (nSPS) is 21.1. The van der Waals surface area contributed by atoms with Crippen molar-refractivity contribution in [3.8, 4) is 0 Å². The van der Waals surface area contributed by atoms with Crippen LogP contribution in [0.3, 0.4) is 0 Å². The lowest BCUT2D eigenvalue weighted by Crippen LogP contribution is -2.43. The maximum absolute atomic E-state index is 12.7. The Morgan fingerprint density at radius 3 is 3.05 bits per heavy atom. The van der Waals surface area contributed by atoms with E-state index in [0.717, 1.165) is 5.69 Å². The van der Waals surface area contributed by atoms with Crippen LogP contribution in [-0.4, -0.2) is 42.4 Å². The summed E-state index contributed by atoms with van der Waals surface area (Å²) >= 11 is 1.22. The summed E-state index contributed by atoms with van der Waals surface area (Å²) in [4.78, 5) is 7.35. The van der Waals surface area contributed by atoms with Gasteiger partial charge in [0, 0.05) is 18.4 Å². The molecule has 0 radical (unpaired) electrons. The Hall–Kier alpha value is -1.22. The molecule has 3 heterocycles. The molecular weight excluding hydrogens is 298 g/mol. The molecule has 1 atom stereocenters. The second-order valence-electron chi connectivity index (χ2n) is 4.59. The molecule has 0 spiro atoms. The average molecular weight is 313 g/mol. The molecule has 3 rings (SSSR count). The van der Waals surface area contributed by atoms with Crippen LogP contribution in [0.4, 0.5) is 0 Å². The highest BCUT2D eigenvalue weighted by molar-refractivity contribution is 7.91. The summed E-state index contributed by atoms with van der Waals surface area (Å²) in [5.74, 6) is 0.627. The fourth-order valence-corrected chi connectivity index (χ4v) is 4.90. The summed E-state index contributed by atoms with van der Waals surface area (Å²) in [6.07, 6.45) is 1.69. The first-order valence-electron chi connectivity index (χ1n) is 6.23. The first-order valence-corrected chi connectivity index (χ1v) is 8.55. The largest absolute Gasteiger partial charge is 0.378 e. The number of nitrogens with one attached hydrogen (secondary N) is 1. The minimum absolute atomic E-state index is 0.317. The van der Waals surface area contributed by atoms with Crippen molar-refractivity contribution >= 4 is 21.4 Å². The lowest BCUT2D eigenvalue weighted by molar-refractivity contribution is 0.0293. The Bertz CT molecular complexity index is 679. The maximum Gasteiger partial charge on any atom is 0.253 e. The monoisotopic (exact) mass is 313 g/mol. The highest BCUT2D eigenvalue weighted by Gasteiger charge is 2.36. The third-order valence-corrected chi connectivity index (χ3v) is 6.46. The van der Waals surface area contributed by atoms with Crippen LogP contribution in [0, 0.1) is 6.92 Å². The summed E-state index contributed by atoms with van der Waals surface area (Å²) in [5.41, 5.74) is 0.902. The molecule has 0 aromatic carbocycles. The van der Waals surface area contributed by atoms with E-state index < -0.39 is 16.1 Å². The van der Waals surface area contributed by atoms with Crippen molar-refractivity contribution < 1.29 is 13.2 Å². The average Bonchev–Trinajstić information content (AvgIpc) is 3.10. The number of imidazole rings is 1. The number of hydrogen-bond donors (Lipinski definition) is 1. The molecule has 1 saturated heterocycles. The van der Waals surface area contributed by atoms with Crippen molar-refractivity contribution in [2.45, 2.75) is 17.2 Å². The molecule has 0 saturated carbocycles. The number of H-pyrrole nitrogens is 1. The Balaban J connectivity index is 1.97. The highest BCUT2D eigenvalue weighted by Crippen LogP contribution is 2.30. The van der Waals surface area contributed by atoms with Crippen molar-refractivity contribution in [3.05, 3.63) is 35.2 Å². The van der Waals surface area contributed by atoms with E-state index in [-0.39, 0.29) is 0 Å². The van der Waals surface area contributed by atoms with E-state index in [1.165, 1.54) is 15.6 Å². The SMILES string of the molecule is Cc1cnc([C@H]2COCCN2S(=O)(=O)c2cccs2)[nH]1. The molecule has 0 bridgehead atoms. The van der Waals surface area contributed by atoms with Crippen molar-refractivity contribution in [1.82, 2.24) is 14.3 Å². The van der Waals surface area contributed by atoms with Gasteiger partial charge in [0.1, 0.15) is 16.1 Å². The molecule has 1 aliphatic rings. The predicted molar refractivity (Wildman–Crippen MR) is 75.1 cm³/mol. The van der Waals surface area contributed by atoms with E-state index in [9.17, 15) is 8.42 Å². The van der Waals surface area contributed by atoms with E-state index in [0.29, 0.717) is 29.8 Å². The van der Waals surface area contributed by atoms with Gasteiger partial charge >= 0.3 is 0 Å².